The number of rotatable bonds is 8. The molecule has 0 aliphatic rings. The number of amides is 1. The number of pyridine rings is 1. The molecule has 1 amide bonds. The van der Waals surface area contributed by atoms with Gasteiger partial charge in [0.1, 0.15) is 12.4 Å². The number of carbonyl (C=O) groups excluding carboxylic acids is 1. The molecule has 2 aromatic carbocycles. The number of nitrogens with zero attached hydrogens (tertiary/aromatic N) is 3. The van der Waals surface area contributed by atoms with Crippen LogP contribution in [0.25, 0.3) is 16.7 Å². The normalized spacial score (nSPS) is 10.9. The zero-order valence-electron chi connectivity index (χ0n) is 17.5. The van der Waals surface area contributed by atoms with Gasteiger partial charge in [-0.3, -0.25) is 9.36 Å². The molecule has 158 valence electrons. The smallest absolute Gasteiger partial charge is 0.251 e. The maximum Gasteiger partial charge on any atom is 0.251 e. The lowest BCUT2D eigenvalue weighted by molar-refractivity contribution is 0.0950. The molecule has 0 saturated heterocycles. The van der Waals surface area contributed by atoms with Crippen LogP contribution in [0.2, 0.25) is 0 Å². The fourth-order valence-corrected chi connectivity index (χ4v) is 3.43. The van der Waals surface area contributed by atoms with Gasteiger partial charge in [0.15, 0.2) is 0 Å². The molecule has 0 bridgehead atoms. The van der Waals surface area contributed by atoms with E-state index < -0.39 is 0 Å². The monoisotopic (exact) mass is 416 g/mol. The maximum atomic E-state index is 12.8. The Bertz CT molecular complexity index is 1190. The van der Waals surface area contributed by atoms with E-state index in [0.29, 0.717) is 31.2 Å². The number of carbonyl (C=O) groups is 1. The van der Waals surface area contributed by atoms with Gasteiger partial charge in [-0.2, -0.15) is 0 Å². The van der Waals surface area contributed by atoms with Crippen molar-refractivity contribution < 1.29 is 14.3 Å². The first kappa shape index (κ1) is 20.6. The molecule has 0 spiro atoms. The summed E-state index contributed by atoms with van der Waals surface area (Å²) in [6.07, 6.45) is 1.66. The van der Waals surface area contributed by atoms with Crippen LogP contribution in [0.15, 0.2) is 66.9 Å². The first-order valence-corrected chi connectivity index (χ1v) is 10.1. The number of hydrogen-bond acceptors (Lipinski definition) is 5. The molecule has 0 aliphatic heterocycles. The lowest BCUT2D eigenvalue weighted by Crippen LogP contribution is -2.23. The van der Waals surface area contributed by atoms with Gasteiger partial charge in [-0.15, -0.1) is 0 Å². The SMILES string of the molecule is COCCOc1ncccc1CNC(=O)c1ccc2c(c1)nc(C)n2-c1ccccc1. The maximum absolute atomic E-state index is 12.8. The summed E-state index contributed by atoms with van der Waals surface area (Å²) in [5.74, 6) is 1.18. The van der Waals surface area contributed by atoms with E-state index in [9.17, 15) is 4.79 Å². The topological polar surface area (TPSA) is 78.3 Å². The Hall–Kier alpha value is -3.71. The molecule has 2 heterocycles. The number of imidazole rings is 1. The highest BCUT2D eigenvalue weighted by atomic mass is 16.5. The predicted molar refractivity (Wildman–Crippen MR) is 119 cm³/mol. The molecule has 0 atom stereocenters. The summed E-state index contributed by atoms with van der Waals surface area (Å²) < 4.78 is 12.7. The van der Waals surface area contributed by atoms with Crippen molar-refractivity contribution in [1.29, 1.82) is 0 Å². The molecule has 7 heteroatoms. The highest BCUT2D eigenvalue weighted by Crippen LogP contribution is 2.22. The molecule has 0 unspecified atom stereocenters. The molecule has 0 aliphatic carbocycles. The number of fused-ring (bicyclic) bond motifs is 1. The number of aromatic nitrogens is 3. The molecule has 2 aromatic heterocycles. The minimum atomic E-state index is -0.180. The molecule has 4 rings (SSSR count). The van der Waals surface area contributed by atoms with Crippen LogP contribution in [0.5, 0.6) is 5.88 Å². The number of nitrogens with one attached hydrogen (secondary N) is 1. The average molecular weight is 416 g/mol. The van der Waals surface area contributed by atoms with Gasteiger partial charge in [0, 0.05) is 36.7 Å². The number of para-hydroxylation sites is 1. The number of methoxy groups -OCH3 is 1. The van der Waals surface area contributed by atoms with Crippen LogP contribution in [-0.2, 0) is 11.3 Å². The van der Waals surface area contributed by atoms with Crippen LogP contribution in [0, 0.1) is 6.92 Å². The zero-order valence-corrected chi connectivity index (χ0v) is 17.5. The minimum Gasteiger partial charge on any atom is -0.475 e. The van der Waals surface area contributed by atoms with Crippen molar-refractivity contribution in [2.45, 2.75) is 13.5 Å². The van der Waals surface area contributed by atoms with Gasteiger partial charge in [0.05, 0.1) is 17.6 Å². The van der Waals surface area contributed by atoms with Crippen LogP contribution in [0.4, 0.5) is 0 Å². The van der Waals surface area contributed by atoms with Gasteiger partial charge in [0.2, 0.25) is 5.88 Å². The van der Waals surface area contributed by atoms with E-state index in [4.69, 9.17) is 9.47 Å². The summed E-state index contributed by atoms with van der Waals surface area (Å²) >= 11 is 0. The van der Waals surface area contributed by atoms with Crippen molar-refractivity contribution in [2.24, 2.45) is 0 Å². The standard InChI is InChI=1S/C24H24N4O3/c1-17-27-21-15-18(10-11-22(21)28(17)20-8-4-3-5-9-20)23(29)26-16-19-7-6-12-25-24(19)31-14-13-30-2/h3-12,15H,13-14,16H2,1-2H3,(H,26,29). The molecule has 31 heavy (non-hydrogen) atoms. The molecule has 0 radical (unpaired) electrons. The van der Waals surface area contributed by atoms with Crippen molar-refractivity contribution >= 4 is 16.9 Å². The van der Waals surface area contributed by atoms with Crippen LogP contribution in [0.3, 0.4) is 0 Å². The van der Waals surface area contributed by atoms with Gasteiger partial charge in [-0.05, 0) is 43.3 Å². The quantitative estimate of drug-likeness (QED) is 0.443. The predicted octanol–water partition coefficient (Wildman–Crippen LogP) is 3.68. The Balaban J connectivity index is 1.51. The van der Waals surface area contributed by atoms with E-state index in [2.05, 4.69) is 19.9 Å². The van der Waals surface area contributed by atoms with Crippen molar-refractivity contribution in [3.63, 3.8) is 0 Å². The first-order chi connectivity index (χ1) is 15.2. The van der Waals surface area contributed by atoms with Gasteiger partial charge >= 0.3 is 0 Å². The summed E-state index contributed by atoms with van der Waals surface area (Å²) in [5, 5.41) is 2.94. The largest absolute Gasteiger partial charge is 0.475 e. The van der Waals surface area contributed by atoms with Crippen LogP contribution in [-0.4, -0.2) is 40.8 Å². The van der Waals surface area contributed by atoms with Crippen molar-refractivity contribution in [3.8, 4) is 11.6 Å². The lowest BCUT2D eigenvalue weighted by atomic mass is 10.1. The average Bonchev–Trinajstić information content (AvgIpc) is 3.13. The molecule has 4 aromatic rings. The third-order valence-electron chi connectivity index (χ3n) is 4.91. The molecular formula is C24H24N4O3. The molecule has 0 fully saturated rings. The lowest BCUT2D eigenvalue weighted by Gasteiger charge is -2.11. The minimum absolute atomic E-state index is 0.180. The van der Waals surface area contributed by atoms with Crippen molar-refractivity contribution in [3.05, 3.63) is 83.8 Å². The Morgan fingerprint density at radius 1 is 1.06 bits per heavy atom. The van der Waals surface area contributed by atoms with Crippen LogP contribution < -0.4 is 10.1 Å². The number of hydrogen-bond donors (Lipinski definition) is 1. The van der Waals surface area contributed by atoms with E-state index in [1.54, 1.807) is 13.3 Å². The third-order valence-corrected chi connectivity index (χ3v) is 4.91. The van der Waals surface area contributed by atoms with E-state index >= 15 is 0 Å². The van der Waals surface area contributed by atoms with Crippen LogP contribution in [0.1, 0.15) is 21.7 Å². The zero-order chi connectivity index (χ0) is 21.6. The summed E-state index contributed by atoms with van der Waals surface area (Å²) in [6.45, 7) is 3.14. The summed E-state index contributed by atoms with van der Waals surface area (Å²) in [4.78, 5) is 21.7. The van der Waals surface area contributed by atoms with E-state index in [1.165, 1.54) is 0 Å². The Morgan fingerprint density at radius 3 is 2.71 bits per heavy atom. The summed E-state index contributed by atoms with van der Waals surface area (Å²) in [6, 6.07) is 19.3. The second-order valence-electron chi connectivity index (χ2n) is 7.03. The van der Waals surface area contributed by atoms with Crippen molar-refractivity contribution in [1.82, 2.24) is 19.9 Å². The highest BCUT2D eigenvalue weighted by Gasteiger charge is 2.13. The number of ether oxygens (including phenoxy) is 2. The van der Waals surface area contributed by atoms with Crippen molar-refractivity contribution in [2.75, 3.05) is 20.3 Å². The number of benzene rings is 2. The molecular weight excluding hydrogens is 392 g/mol. The summed E-state index contributed by atoms with van der Waals surface area (Å²) in [5.41, 5.74) is 4.13. The van der Waals surface area contributed by atoms with Gasteiger partial charge in [-0.25, -0.2) is 9.97 Å². The summed E-state index contributed by atoms with van der Waals surface area (Å²) in [7, 11) is 1.62. The van der Waals surface area contributed by atoms with Gasteiger partial charge < -0.3 is 14.8 Å². The highest BCUT2D eigenvalue weighted by molar-refractivity contribution is 5.97. The van der Waals surface area contributed by atoms with Gasteiger partial charge in [0.25, 0.3) is 5.91 Å². The second kappa shape index (κ2) is 9.40. The third kappa shape index (κ3) is 4.57. The fraction of sp³-hybridized carbons (Fsp3) is 0.208. The van der Waals surface area contributed by atoms with Crippen LogP contribution >= 0.6 is 0 Å². The first-order valence-electron chi connectivity index (χ1n) is 10.1. The fourth-order valence-electron chi connectivity index (χ4n) is 3.43. The number of aryl methyl sites for hydroxylation is 1. The van der Waals surface area contributed by atoms with E-state index in [1.807, 2.05) is 67.6 Å². The Kier molecular flexibility index (Phi) is 6.24. The van der Waals surface area contributed by atoms with Gasteiger partial charge in [-0.1, -0.05) is 24.3 Å². The molecule has 0 saturated carbocycles. The Labute approximate surface area is 180 Å². The second-order valence-corrected chi connectivity index (χ2v) is 7.03. The van der Waals surface area contributed by atoms with E-state index in [0.717, 1.165) is 28.1 Å². The molecule has 1 N–H and O–H groups in total. The van der Waals surface area contributed by atoms with E-state index in [-0.39, 0.29) is 5.91 Å². The Morgan fingerprint density at radius 2 is 1.90 bits per heavy atom. The molecule has 7 nitrogen and oxygen atoms in total.